The number of hydrogen-bond donors (Lipinski definition) is 2. The van der Waals surface area contributed by atoms with E-state index in [1.165, 1.54) is 6.20 Å². The summed E-state index contributed by atoms with van der Waals surface area (Å²) in [6.45, 7) is 5.36. The number of nitrogens with one attached hydrogen (secondary N) is 1. The van der Waals surface area contributed by atoms with Crippen LogP contribution in [0.1, 0.15) is 45.5 Å². The van der Waals surface area contributed by atoms with Crippen molar-refractivity contribution in [3.8, 4) is 0 Å². The van der Waals surface area contributed by atoms with Crippen LogP contribution >= 0.6 is 0 Å². The summed E-state index contributed by atoms with van der Waals surface area (Å²) >= 11 is 0. The lowest BCUT2D eigenvalue weighted by atomic mass is 9.98. The van der Waals surface area contributed by atoms with Gasteiger partial charge in [0.1, 0.15) is 5.82 Å². The van der Waals surface area contributed by atoms with Crippen molar-refractivity contribution in [3.63, 3.8) is 0 Å². The molecular formula is C17H19N3O3. The molecule has 0 aliphatic heterocycles. The lowest BCUT2D eigenvalue weighted by Crippen LogP contribution is -2.31. The lowest BCUT2D eigenvalue weighted by molar-refractivity contribution is -0.137. The summed E-state index contributed by atoms with van der Waals surface area (Å²) in [5, 5.41) is 11.9. The molecule has 1 aromatic heterocycles. The van der Waals surface area contributed by atoms with Gasteiger partial charge in [-0.05, 0) is 31.9 Å². The van der Waals surface area contributed by atoms with Crippen molar-refractivity contribution < 1.29 is 14.7 Å². The maximum absolute atomic E-state index is 12.5. The number of carboxylic acids is 1. The minimum absolute atomic E-state index is 0.192. The van der Waals surface area contributed by atoms with Crippen LogP contribution in [0.25, 0.3) is 0 Å². The van der Waals surface area contributed by atoms with Crippen LogP contribution in [0.15, 0.2) is 30.5 Å². The lowest BCUT2D eigenvalue weighted by Gasteiger charge is -2.19. The standard InChI is InChI=1S/C17H19N3O3/c1-10-6-4-5-7-13(10)15(8-16(21)22)20-17(23)14-9-18-12(3)19-11(14)2/h4-7,9,15H,8H2,1-3H3,(H,20,23)(H,21,22). The third-order valence-corrected chi connectivity index (χ3v) is 3.59. The average molecular weight is 313 g/mol. The van der Waals surface area contributed by atoms with E-state index in [0.29, 0.717) is 17.1 Å². The zero-order valence-corrected chi connectivity index (χ0v) is 13.3. The summed E-state index contributed by atoms with van der Waals surface area (Å²) in [5.74, 6) is -0.771. The highest BCUT2D eigenvalue weighted by atomic mass is 16.4. The SMILES string of the molecule is Cc1ncc(C(=O)NC(CC(=O)O)c2ccccc2C)c(C)n1. The number of carboxylic acid groups (broad SMARTS) is 1. The van der Waals surface area contributed by atoms with Gasteiger partial charge in [0.25, 0.3) is 5.91 Å². The van der Waals surface area contributed by atoms with Gasteiger partial charge in [0, 0.05) is 6.20 Å². The topological polar surface area (TPSA) is 92.2 Å². The fourth-order valence-corrected chi connectivity index (χ4v) is 2.43. The maximum Gasteiger partial charge on any atom is 0.305 e. The van der Waals surface area contributed by atoms with Crippen LogP contribution in [0.5, 0.6) is 0 Å². The first kappa shape index (κ1) is 16.6. The number of benzene rings is 1. The molecule has 0 spiro atoms. The van der Waals surface area contributed by atoms with Crippen LogP contribution in [0.3, 0.4) is 0 Å². The highest BCUT2D eigenvalue weighted by Gasteiger charge is 2.21. The molecule has 0 saturated heterocycles. The van der Waals surface area contributed by atoms with E-state index >= 15 is 0 Å². The second kappa shape index (κ2) is 7.00. The molecule has 2 aromatic rings. The number of amides is 1. The summed E-state index contributed by atoms with van der Waals surface area (Å²) in [4.78, 5) is 31.8. The number of rotatable bonds is 5. The largest absolute Gasteiger partial charge is 0.481 e. The van der Waals surface area contributed by atoms with Gasteiger partial charge in [-0.25, -0.2) is 9.97 Å². The first-order valence-corrected chi connectivity index (χ1v) is 7.27. The summed E-state index contributed by atoms with van der Waals surface area (Å²) in [6, 6.07) is 6.79. The van der Waals surface area contributed by atoms with Crippen LogP contribution in [0, 0.1) is 20.8 Å². The molecule has 6 nitrogen and oxygen atoms in total. The summed E-state index contributed by atoms with van der Waals surface area (Å²) in [5.41, 5.74) is 2.62. The van der Waals surface area contributed by atoms with Gasteiger partial charge in [-0.15, -0.1) is 0 Å². The van der Waals surface area contributed by atoms with Gasteiger partial charge < -0.3 is 10.4 Å². The van der Waals surface area contributed by atoms with Gasteiger partial charge in [0.2, 0.25) is 0 Å². The van der Waals surface area contributed by atoms with Gasteiger partial charge in [-0.2, -0.15) is 0 Å². The number of aromatic nitrogens is 2. The van der Waals surface area contributed by atoms with Crippen molar-refractivity contribution in [2.24, 2.45) is 0 Å². The first-order chi connectivity index (χ1) is 10.9. The molecule has 1 heterocycles. The molecular weight excluding hydrogens is 294 g/mol. The van der Waals surface area contributed by atoms with Crippen molar-refractivity contribution in [2.75, 3.05) is 0 Å². The average Bonchev–Trinajstić information content (AvgIpc) is 2.46. The minimum atomic E-state index is -0.976. The highest BCUT2D eigenvalue weighted by Crippen LogP contribution is 2.21. The van der Waals surface area contributed by atoms with Gasteiger partial charge in [0.05, 0.1) is 23.7 Å². The molecule has 2 N–H and O–H groups in total. The summed E-state index contributed by atoms with van der Waals surface area (Å²) in [6.07, 6.45) is 1.27. The number of hydrogen-bond acceptors (Lipinski definition) is 4. The minimum Gasteiger partial charge on any atom is -0.481 e. The molecule has 0 radical (unpaired) electrons. The molecule has 1 unspecified atom stereocenters. The Hall–Kier alpha value is -2.76. The zero-order valence-electron chi connectivity index (χ0n) is 13.3. The van der Waals surface area contributed by atoms with Crippen LogP contribution in [0.2, 0.25) is 0 Å². The molecule has 1 atom stereocenters. The summed E-state index contributed by atoms with van der Waals surface area (Å²) < 4.78 is 0. The summed E-state index contributed by atoms with van der Waals surface area (Å²) in [7, 11) is 0. The van der Waals surface area contributed by atoms with E-state index < -0.39 is 12.0 Å². The van der Waals surface area contributed by atoms with Crippen LogP contribution < -0.4 is 5.32 Å². The number of nitrogens with zero attached hydrogens (tertiary/aromatic N) is 2. The Morgan fingerprint density at radius 1 is 1.22 bits per heavy atom. The molecule has 0 aliphatic carbocycles. The molecule has 23 heavy (non-hydrogen) atoms. The Kier molecular flexibility index (Phi) is 5.05. The van der Waals surface area contributed by atoms with E-state index in [1.54, 1.807) is 13.8 Å². The monoisotopic (exact) mass is 313 g/mol. The molecule has 1 aromatic carbocycles. The molecule has 1 amide bonds. The van der Waals surface area contributed by atoms with Gasteiger partial charge in [-0.3, -0.25) is 9.59 Å². The number of aryl methyl sites for hydroxylation is 3. The van der Waals surface area contributed by atoms with E-state index in [1.807, 2.05) is 31.2 Å². The van der Waals surface area contributed by atoms with Crippen LogP contribution in [-0.4, -0.2) is 27.0 Å². The first-order valence-electron chi connectivity index (χ1n) is 7.27. The second-order valence-electron chi connectivity index (χ2n) is 5.40. The van der Waals surface area contributed by atoms with E-state index in [-0.39, 0.29) is 12.3 Å². The van der Waals surface area contributed by atoms with E-state index in [4.69, 9.17) is 5.11 Å². The molecule has 6 heteroatoms. The quantitative estimate of drug-likeness (QED) is 0.884. The van der Waals surface area contributed by atoms with Gasteiger partial charge in [0.15, 0.2) is 0 Å². The Morgan fingerprint density at radius 3 is 2.52 bits per heavy atom. The number of carbonyl (C=O) groups is 2. The van der Waals surface area contributed by atoms with Crippen molar-refractivity contribution in [1.29, 1.82) is 0 Å². The maximum atomic E-state index is 12.5. The van der Waals surface area contributed by atoms with Crippen LogP contribution in [-0.2, 0) is 4.79 Å². The molecule has 120 valence electrons. The molecule has 0 bridgehead atoms. The Bertz CT molecular complexity index is 744. The van der Waals surface area contributed by atoms with Crippen molar-refractivity contribution in [1.82, 2.24) is 15.3 Å². The van der Waals surface area contributed by atoms with E-state index in [9.17, 15) is 9.59 Å². The van der Waals surface area contributed by atoms with E-state index in [0.717, 1.165) is 11.1 Å². The van der Waals surface area contributed by atoms with Gasteiger partial charge >= 0.3 is 5.97 Å². The molecule has 2 rings (SSSR count). The van der Waals surface area contributed by atoms with E-state index in [2.05, 4.69) is 15.3 Å². The van der Waals surface area contributed by atoms with Crippen molar-refractivity contribution in [2.45, 2.75) is 33.2 Å². The Labute approximate surface area is 134 Å². The fourth-order valence-electron chi connectivity index (χ4n) is 2.43. The molecule has 0 saturated carbocycles. The highest BCUT2D eigenvalue weighted by molar-refractivity contribution is 5.95. The Morgan fingerprint density at radius 2 is 1.91 bits per heavy atom. The third-order valence-electron chi connectivity index (χ3n) is 3.59. The predicted octanol–water partition coefficient (Wildman–Crippen LogP) is 2.35. The normalized spacial score (nSPS) is 11.8. The number of carbonyl (C=O) groups excluding carboxylic acids is 1. The number of aliphatic carboxylic acids is 1. The zero-order chi connectivity index (χ0) is 17.0. The van der Waals surface area contributed by atoms with Gasteiger partial charge in [-0.1, -0.05) is 24.3 Å². The smallest absolute Gasteiger partial charge is 0.305 e. The molecule has 0 fully saturated rings. The fraction of sp³-hybridized carbons (Fsp3) is 0.294. The van der Waals surface area contributed by atoms with Crippen molar-refractivity contribution >= 4 is 11.9 Å². The third kappa shape index (κ3) is 4.12. The molecule has 0 aliphatic rings. The second-order valence-corrected chi connectivity index (χ2v) is 5.40. The predicted molar refractivity (Wildman–Crippen MR) is 85.1 cm³/mol. The van der Waals surface area contributed by atoms with Crippen LogP contribution in [0.4, 0.5) is 0 Å². The Balaban J connectivity index is 2.29. The van der Waals surface area contributed by atoms with Crippen molar-refractivity contribution in [3.05, 3.63) is 58.7 Å².